The molecule has 1 aromatic heterocycles. The minimum atomic E-state index is 1.09. The average Bonchev–Trinajstić information content (AvgIpc) is 3.64. The lowest BCUT2D eigenvalue weighted by Crippen LogP contribution is -2.10. The number of aromatic nitrogens is 1. The summed E-state index contributed by atoms with van der Waals surface area (Å²) >= 11 is 0. The molecule has 0 unspecified atom stereocenters. The predicted octanol–water partition coefficient (Wildman–Crippen LogP) is 15.6. The van der Waals surface area contributed by atoms with Crippen molar-refractivity contribution in [2.24, 2.45) is 0 Å². The number of hydrogen-bond donors (Lipinski definition) is 0. The minimum absolute atomic E-state index is 1.09. The molecule has 272 valence electrons. The van der Waals surface area contributed by atoms with Crippen LogP contribution in [-0.4, -0.2) is 4.57 Å². The summed E-state index contributed by atoms with van der Waals surface area (Å²) in [6.45, 7) is 0. The number of rotatable bonds is 7. The van der Waals surface area contributed by atoms with E-state index in [2.05, 4.69) is 240 Å². The van der Waals surface area contributed by atoms with Crippen molar-refractivity contribution in [3.8, 4) is 39.1 Å². The molecule has 0 bridgehead atoms. The molecule has 0 spiro atoms. The van der Waals surface area contributed by atoms with Crippen molar-refractivity contribution in [1.29, 1.82) is 0 Å². The third-order valence-corrected chi connectivity index (χ3v) is 11.6. The first-order valence-electron chi connectivity index (χ1n) is 19.9. The van der Waals surface area contributed by atoms with Gasteiger partial charge < -0.3 is 9.47 Å². The Balaban J connectivity index is 1.04. The van der Waals surface area contributed by atoms with Gasteiger partial charge in [0.15, 0.2) is 0 Å². The van der Waals surface area contributed by atoms with E-state index >= 15 is 0 Å². The van der Waals surface area contributed by atoms with Crippen LogP contribution in [0.4, 0.5) is 17.1 Å². The summed E-state index contributed by atoms with van der Waals surface area (Å²) in [4.78, 5) is 2.38. The van der Waals surface area contributed by atoms with Crippen molar-refractivity contribution in [2.75, 3.05) is 4.90 Å². The molecule has 0 atom stereocenters. The molecule has 0 fully saturated rings. The first-order valence-corrected chi connectivity index (χ1v) is 19.9. The normalized spacial score (nSPS) is 11.4. The summed E-state index contributed by atoms with van der Waals surface area (Å²) in [5.74, 6) is 0. The number of para-hydroxylation sites is 3. The highest BCUT2D eigenvalue weighted by atomic mass is 15.1. The zero-order valence-corrected chi connectivity index (χ0v) is 31.8. The zero-order valence-electron chi connectivity index (χ0n) is 31.8. The lowest BCUT2D eigenvalue weighted by Gasteiger charge is -2.27. The quantitative estimate of drug-likeness (QED) is 0.148. The number of anilines is 3. The van der Waals surface area contributed by atoms with Crippen LogP contribution in [0.5, 0.6) is 0 Å². The van der Waals surface area contributed by atoms with E-state index in [4.69, 9.17) is 0 Å². The van der Waals surface area contributed by atoms with Gasteiger partial charge in [-0.25, -0.2) is 0 Å². The van der Waals surface area contributed by atoms with Crippen molar-refractivity contribution in [1.82, 2.24) is 4.57 Å². The molecule has 1 heterocycles. The molecule has 0 radical (unpaired) electrons. The monoisotopic (exact) mass is 738 g/mol. The standard InChI is InChI=1S/C56H38N2/c1-2-15-39(16-3-1)40-29-33-44(34-30-40)57(46-19-14-18-42(37-46)53-38-43-17-4-5-20-47(43)49-22-6-7-23-50(49)53)45-35-31-41(32-36-45)48-21-8-11-26-54(48)58-55-27-12-9-24-51(55)52-25-10-13-28-56(52)58/h1-38H. The first kappa shape index (κ1) is 33.6. The molecule has 2 nitrogen and oxygen atoms in total. The van der Waals surface area contributed by atoms with E-state index in [0.29, 0.717) is 0 Å². The van der Waals surface area contributed by atoms with Crippen molar-refractivity contribution in [3.05, 3.63) is 231 Å². The smallest absolute Gasteiger partial charge is 0.0541 e. The maximum Gasteiger partial charge on any atom is 0.0541 e. The van der Waals surface area contributed by atoms with Crippen LogP contribution in [0.2, 0.25) is 0 Å². The molecule has 0 aliphatic heterocycles. The molecular formula is C56H38N2. The summed E-state index contributed by atoms with van der Waals surface area (Å²) in [5, 5.41) is 7.56. The summed E-state index contributed by atoms with van der Waals surface area (Å²) < 4.78 is 2.41. The number of hydrogen-bond acceptors (Lipinski definition) is 1. The molecule has 0 saturated carbocycles. The van der Waals surface area contributed by atoms with Crippen molar-refractivity contribution in [3.63, 3.8) is 0 Å². The third kappa shape index (κ3) is 5.74. The molecular weight excluding hydrogens is 701 g/mol. The van der Waals surface area contributed by atoms with Crippen LogP contribution >= 0.6 is 0 Å². The van der Waals surface area contributed by atoms with Crippen LogP contribution < -0.4 is 4.90 Å². The molecule has 58 heavy (non-hydrogen) atoms. The Hall–Kier alpha value is -7.68. The molecule has 0 N–H and O–H groups in total. The van der Waals surface area contributed by atoms with Gasteiger partial charge in [-0.3, -0.25) is 0 Å². The third-order valence-electron chi connectivity index (χ3n) is 11.6. The Morgan fingerprint density at radius 1 is 0.276 bits per heavy atom. The number of nitrogens with zero attached hydrogens (tertiary/aromatic N) is 2. The number of fused-ring (bicyclic) bond motifs is 6. The second-order valence-corrected chi connectivity index (χ2v) is 14.9. The van der Waals surface area contributed by atoms with E-state index in [0.717, 1.165) is 28.3 Å². The fourth-order valence-electron chi connectivity index (χ4n) is 8.87. The highest BCUT2D eigenvalue weighted by Crippen LogP contribution is 2.42. The van der Waals surface area contributed by atoms with Crippen LogP contribution in [0.1, 0.15) is 0 Å². The Kier molecular flexibility index (Phi) is 8.19. The van der Waals surface area contributed by atoms with Gasteiger partial charge in [-0.15, -0.1) is 0 Å². The van der Waals surface area contributed by atoms with Gasteiger partial charge in [0, 0.05) is 33.4 Å². The van der Waals surface area contributed by atoms with Crippen molar-refractivity contribution >= 4 is 60.4 Å². The predicted molar refractivity (Wildman–Crippen MR) is 247 cm³/mol. The maximum absolute atomic E-state index is 2.41. The van der Waals surface area contributed by atoms with Crippen LogP contribution in [0.25, 0.3) is 82.4 Å². The van der Waals surface area contributed by atoms with Crippen molar-refractivity contribution in [2.45, 2.75) is 0 Å². The summed E-state index contributed by atoms with van der Waals surface area (Å²) in [5.41, 5.74) is 14.0. The lowest BCUT2D eigenvalue weighted by molar-refractivity contribution is 1.18. The van der Waals surface area contributed by atoms with E-state index in [9.17, 15) is 0 Å². The van der Waals surface area contributed by atoms with Gasteiger partial charge in [-0.2, -0.15) is 0 Å². The van der Waals surface area contributed by atoms with E-state index in [-0.39, 0.29) is 0 Å². The maximum atomic E-state index is 2.41. The molecule has 11 aromatic rings. The molecule has 0 aliphatic rings. The average molecular weight is 739 g/mol. The van der Waals surface area contributed by atoms with E-state index in [1.165, 1.54) is 71.2 Å². The number of benzene rings is 10. The van der Waals surface area contributed by atoms with Crippen LogP contribution in [0.3, 0.4) is 0 Å². The van der Waals surface area contributed by atoms with E-state index in [1.807, 2.05) is 0 Å². The topological polar surface area (TPSA) is 8.17 Å². The molecule has 0 amide bonds. The van der Waals surface area contributed by atoms with Gasteiger partial charge in [-0.05, 0) is 110 Å². The fraction of sp³-hybridized carbons (Fsp3) is 0. The first-order chi connectivity index (χ1) is 28.8. The van der Waals surface area contributed by atoms with E-state index in [1.54, 1.807) is 0 Å². The molecule has 10 aromatic carbocycles. The molecule has 0 saturated heterocycles. The van der Waals surface area contributed by atoms with Crippen LogP contribution in [0, 0.1) is 0 Å². The highest BCUT2D eigenvalue weighted by molar-refractivity contribution is 6.14. The van der Waals surface area contributed by atoms with Gasteiger partial charge >= 0.3 is 0 Å². The van der Waals surface area contributed by atoms with Gasteiger partial charge in [0.2, 0.25) is 0 Å². The van der Waals surface area contributed by atoms with Gasteiger partial charge in [-0.1, -0.05) is 170 Å². The minimum Gasteiger partial charge on any atom is -0.310 e. The largest absolute Gasteiger partial charge is 0.310 e. The molecule has 11 rings (SSSR count). The van der Waals surface area contributed by atoms with Gasteiger partial charge in [0.25, 0.3) is 0 Å². The summed E-state index contributed by atoms with van der Waals surface area (Å²) in [6, 6.07) is 83.6. The Morgan fingerprint density at radius 2 is 0.793 bits per heavy atom. The Labute approximate surface area is 338 Å². The summed E-state index contributed by atoms with van der Waals surface area (Å²) in [7, 11) is 0. The van der Waals surface area contributed by atoms with Crippen LogP contribution in [-0.2, 0) is 0 Å². The molecule has 0 aliphatic carbocycles. The van der Waals surface area contributed by atoms with E-state index < -0.39 is 0 Å². The van der Waals surface area contributed by atoms with Crippen LogP contribution in [0.15, 0.2) is 231 Å². The SMILES string of the molecule is c1ccc(-c2ccc(N(c3ccc(-c4ccccc4-n4c5ccccc5c5ccccc54)cc3)c3cccc(-c4cc5ccccc5c5ccccc45)c3)cc2)cc1. The summed E-state index contributed by atoms with van der Waals surface area (Å²) in [6.07, 6.45) is 0. The second-order valence-electron chi connectivity index (χ2n) is 14.9. The Bertz CT molecular complexity index is 3210. The zero-order chi connectivity index (χ0) is 38.4. The fourth-order valence-corrected chi connectivity index (χ4v) is 8.87. The Morgan fingerprint density at radius 3 is 1.50 bits per heavy atom. The highest BCUT2D eigenvalue weighted by Gasteiger charge is 2.18. The molecule has 2 heteroatoms. The lowest BCUT2D eigenvalue weighted by atomic mass is 9.93. The van der Waals surface area contributed by atoms with Gasteiger partial charge in [0.05, 0.1) is 16.7 Å². The van der Waals surface area contributed by atoms with Crippen molar-refractivity contribution < 1.29 is 0 Å². The van der Waals surface area contributed by atoms with Gasteiger partial charge in [0.1, 0.15) is 0 Å². The second kappa shape index (κ2) is 14.1.